The molecule has 3 unspecified atom stereocenters. The van der Waals surface area contributed by atoms with Gasteiger partial charge in [0.1, 0.15) is 0 Å². The average Bonchev–Trinajstić information content (AvgIpc) is 3.48. The largest absolute Gasteiger partial charge is 0.387 e. The minimum Gasteiger partial charge on any atom is -0.387 e. The number of pyridine rings is 1. The van der Waals surface area contributed by atoms with Crippen LogP contribution in [-0.4, -0.2) is 45.6 Å². The van der Waals surface area contributed by atoms with Crippen molar-refractivity contribution in [3.63, 3.8) is 0 Å². The highest BCUT2D eigenvalue weighted by Crippen LogP contribution is 2.43. The van der Waals surface area contributed by atoms with Crippen molar-refractivity contribution in [2.45, 2.75) is 50.9 Å². The molecule has 6 heterocycles. The van der Waals surface area contributed by atoms with E-state index in [1.54, 1.807) is 0 Å². The van der Waals surface area contributed by atoms with E-state index in [0.717, 1.165) is 77.2 Å². The zero-order chi connectivity index (χ0) is 27.4. The Hall–Kier alpha value is -2.54. The molecule has 1 N–H and O–H groups in total. The van der Waals surface area contributed by atoms with Crippen LogP contribution in [0.2, 0.25) is 5.02 Å². The van der Waals surface area contributed by atoms with Crippen molar-refractivity contribution in [3.05, 3.63) is 99.4 Å². The van der Waals surface area contributed by atoms with Gasteiger partial charge in [0.15, 0.2) is 0 Å². The van der Waals surface area contributed by atoms with Crippen LogP contribution in [0.5, 0.6) is 0 Å². The number of hydrogen-bond donors (Lipinski definition) is 1. The molecular formula is C34H36ClN3OS. The van der Waals surface area contributed by atoms with Crippen LogP contribution in [0.3, 0.4) is 0 Å². The molecule has 4 nitrogen and oxygen atoms in total. The van der Waals surface area contributed by atoms with Gasteiger partial charge in [-0.25, -0.2) is 0 Å². The molecule has 206 valence electrons. The van der Waals surface area contributed by atoms with Crippen LogP contribution in [0.1, 0.15) is 53.5 Å². The van der Waals surface area contributed by atoms with Gasteiger partial charge in [0.05, 0.1) is 16.6 Å². The highest BCUT2D eigenvalue weighted by Gasteiger charge is 2.42. The molecule has 2 aromatic heterocycles. The van der Waals surface area contributed by atoms with Gasteiger partial charge >= 0.3 is 0 Å². The zero-order valence-electron chi connectivity index (χ0n) is 23.0. The molecule has 6 atom stereocenters. The highest BCUT2D eigenvalue weighted by atomic mass is 35.5. The normalized spacial score (nSPS) is 26.0. The van der Waals surface area contributed by atoms with Crippen molar-refractivity contribution < 1.29 is 5.11 Å². The Labute approximate surface area is 245 Å². The number of hydrogen-bond acceptors (Lipinski definition) is 5. The number of halogens is 1. The lowest BCUT2D eigenvalue weighted by Crippen LogP contribution is -2.54. The van der Waals surface area contributed by atoms with E-state index in [0.29, 0.717) is 11.8 Å². The second-order valence-electron chi connectivity index (χ2n) is 11.8. The quantitative estimate of drug-likeness (QED) is 0.242. The van der Waals surface area contributed by atoms with Crippen LogP contribution < -0.4 is 0 Å². The van der Waals surface area contributed by atoms with E-state index in [2.05, 4.69) is 82.2 Å². The van der Waals surface area contributed by atoms with E-state index >= 15 is 0 Å². The number of benzene rings is 2. The van der Waals surface area contributed by atoms with E-state index < -0.39 is 6.10 Å². The molecule has 0 aliphatic carbocycles. The summed E-state index contributed by atoms with van der Waals surface area (Å²) in [6.45, 7) is 10.4. The topological polar surface area (TPSA) is 39.6 Å². The highest BCUT2D eigenvalue weighted by molar-refractivity contribution is 7.10. The zero-order valence-corrected chi connectivity index (χ0v) is 24.5. The van der Waals surface area contributed by atoms with Gasteiger partial charge in [-0.3, -0.25) is 14.8 Å². The fourth-order valence-electron chi connectivity index (χ4n) is 7.40. The van der Waals surface area contributed by atoms with Crippen molar-refractivity contribution in [2.75, 3.05) is 19.6 Å². The van der Waals surface area contributed by atoms with E-state index in [1.165, 1.54) is 16.9 Å². The molecule has 0 radical (unpaired) electrons. The molecular weight excluding hydrogens is 534 g/mol. The second-order valence-corrected chi connectivity index (χ2v) is 13.2. The molecule has 6 heteroatoms. The molecule has 4 aliphatic rings. The van der Waals surface area contributed by atoms with Gasteiger partial charge < -0.3 is 5.11 Å². The summed E-state index contributed by atoms with van der Waals surface area (Å²) in [6, 6.07) is 17.4. The number of thiophene rings is 1. The third-order valence-electron chi connectivity index (χ3n) is 9.79. The predicted molar refractivity (Wildman–Crippen MR) is 166 cm³/mol. The molecule has 0 amide bonds. The number of piperidine rings is 3. The monoisotopic (exact) mass is 569 g/mol. The molecule has 0 saturated carbocycles. The predicted octanol–water partition coefficient (Wildman–Crippen LogP) is 7.67. The van der Waals surface area contributed by atoms with Gasteiger partial charge in [0.25, 0.3) is 0 Å². The third kappa shape index (κ3) is 4.53. The molecule has 40 heavy (non-hydrogen) atoms. The molecule has 3 fully saturated rings. The average molecular weight is 570 g/mol. The van der Waals surface area contributed by atoms with Gasteiger partial charge in [0, 0.05) is 53.7 Å². The summed E-state index contributed by atoms with van der Waals surface area (Å²) < 4.78 is 0. The third-order valence-corrected chi connectivity index (χ3v) is 11.2. The Morgan fingerprint density at radius 2 is 2.05 bits per heavy atom. The van der Waals surface area contributed by atoms with Gasteiger partial charge in [-0.1, -0.05) is 41.9 Å². The molecule has 2 aromatic carbocycles. The van der Waals surface area contributed by atoms with Crippen LogP contribution in [0.25, 0.3) is 22.0 Å². The fourth-order valence-corrected chi connectivity index (χ4v) is 8.68. The second kappa shape index (κ2) is 10.7. The van der Waals surface area contributed by atoms with Gasteiger partial charge in [-0.05, 0) is 96.5 Å². The molecule has 2 bridgehead atoms. The summed E-state index contributed by atoms with van der Waals surface area (Å²) in [6.07, 6.45) is 6.69. The van der Waals surface area contributed by atoms with Crippen LogP contribution in [0.4, 0.5) is 0 Å². The summed E-state index contributed by atoms with van der Waals surface area (Å²) in [5.74, 6) is 1.15. The lowest BCUT2D eigenvalue weighted by Gasteiger charge is -2.50. The van der Waals surface area contributed by atoms with Crippen molar-refractivity contribution in [3.8, 4) is 11.1 Å². The Bertz CT molecular complexity index is 1570. The Morgan fingerprint density at radius 1 is 1.15 bits per heavy atom. The summed E-state index contributed by atoms with van der Waals surface area (Å²) >= 11 is 9.05. The molecule has 3 saturated heterocycles. The minimum atomic E-state index is -0.558. The first kappa shape index (κ1) is 26.4. The number of aliphatic hydroxyl groups excluding tert-OH is 1. The van der Waals surface area contributed by atoms with Crippen molar-refractivity contribution in [2.24, 2.45) is 11.8 Å². The Morgan fingerprint density at radius 3 is 2.88 bits per heavy atom. The SMILES string of the molecule is C=C[C@H]1CN2CCC1CC2[C@@H](O)c1ccnc2ccc(-c3cccc([C@@H](C)N4CCc5sccc5C4)c3Cl)cc12. The standard InChI is InChI=1S/C34H36ClN3OS/c1-3-22-19-38-14-10-23(22)18-31(38)34(39)28-9-13-36-30-8-7-24(17-29(28)30)27-6-4-5-26(33(27)35)21(2)37-15-11-32-25(20-37)12-16-40-32/h3-9,12-13,16-17,21-23,31,34,39H,1,10-11,14-15,18-20H2,2H3/t21-,22+,23?,31?,34+/m1/s1. The first-order chi connectivity index (χ1) is 19.5. The molecule has 4 aromatic rings. The van der Waals surface area contributed by atoms with Crippen LogP contribution in [-0.2, 0) is 13.0 Å². The van der Waals surface area contributed by atoms with Crippen LogP contribution >= 0.6 is 22.9 Å². The Balaban J connectivity index is 1.20. The minimum absolute atomic E-state index is 0.130. The number of fused-ring (bicyclic) bond motifs is 5. The lowest BCUT2D eigenvalue weighted by molar-refractivity contribution is -0.0444. The lowest BCUT2D eigenvalue weighted by atomic mass is 9.73. The maximum atomic E-state index is 11.7. The number of aliphatic hydroxyl groups is 1. The summed E-state index contributed by atoms with van der Waals surface area (Å²) in [5, 5.41) is 15.8. The van der Waals surface area contributed by atoms with Gasteiger partial charge in [-0.2, -0.15) is 0 Å². The van der Waals surface area contributed by atoms with E-state index in [1.807, 2.05) is 23.6 Å². The van der Waals surface area contributed by atoms with Crippen LogP contribution in [0.15, 0.2) is 72.8 Å². The maximum absolute atomic E-state index is 11.7. The molecule has 0 spiro atoms. The fraction of sp³-hybridized carbons (Fsp3) is 0.382. The first-order valence-electron chi connectivity index (χ1n) is 14.5. The summed E-state index contributed by atoms with van der Waals surface area (Å²) in [4.78, 5) is 11.2. The van der Waals surface area contributed by atoms with Crippen molar-refractivity contribution in [1.29, 1.82) is 0 Å². The van der Waals surface area contributed by atoms with Crippen LogP contribution in [0, 0.1) is 11.8 Å². The number of aromatic nitrogens is 1. The van der Waals surface area contributed by atoms with Crippen molar-refractivity contribution in [1.82, 2.24) is 14.8 Å². The number of nitrogens with zero attached hydrogens (tertiary/aromatic N) is 3. The molecule has 8 rings (SSSR count). The first-order valence-corrected chi connectivity index (χ1v) is 15.8. The van der Waals surface area contributed by atoms with E-state index in [9.17, 15) is 5.11 Å². The van der Waals surface area contributed by atoms with E-state index in [-0.39, 0.29) is 12.1 Å². The van der Waals surface area contributed by atoms with Gasteiger partial charge in [0.2, 0.25) is 0 Å². The van der Waals surface area contributed by atoms with Gasteiger partial charge in [-0.15, -0.1) is 17.9 Å². The van der Waals surface area contributed by atoms with E-state index in [4.69, 9.17) is 11.6 Å². The maximum Gasteiger partial charge on any atom is 0.0952 e. The number of rotatable bonds is 6. The summed E-state index contributed by atoms with van der Waals surface area (Å²) in [7, 11) is 0. The molecule has 4 aliphatic heterocycles. The smallest absolute Gasteiger partial charge is 0.0952 e. The van der Waals surface area contributed by atoms with Crippen molar-refractivity contribution >= 4 is 33.8 Å². The summed E-state index contributed by atoms with van der Waals surface area (Å²) in [5.41, 5.74) is 6.56. The Kier molecular flexibility index (Phi) is 7.05.